The first-order chi connectivity index (χ1) is 12.2. The highest BCUT2D eigenvalue weighted by Crippen LogP contribution is 2.45. The molecule has 3 aromatic carbocycles. The number of hydrogen-bond donors (Lipinski definition) is 0. The van der Waals surface area contributed by atoms with Crippen LogP contribution in [-0.4, -0.2) is 0 Å². The molecule has 0 saturated heterocycles. The van der Waals surface area contributed by atoms with Crippen LogP contribution in [0.3, 0.4) is 0 Å². The van der Waals surface area contributed by atoms with E-state index in [9.17, 15) is 8.78 Å². The molecule has 0 spiro atoms. The van der Waals surface area contributed by atoms with Crippen molar-refractivity contribution in [3.63, 3.8) is 0 Å². The molecule has 0 aliphatic heterocycles. The predicted octanol–water partition coefficient (Wildman–Crippen LogP) is 6.61. The second kappa shape index (κ2) is 6.59. The van der Waals surface area contributed by atoms with Gasteiger partial charge in [0.25, 0.3) is 0 Å². The van der Waals surface area contributed by atoms with Crippen LogP contribution in [-0.2, 0) is 6.42 Å². The van der Waals surface area contributed by atoms with Crippen LogP contribution < -0.4 is 0 Å². The van der Waals surface area contributed by atoms with E-state index in [-0.39, 0.29) is 17.6 Å². The molecule has 0 saturated carbocycles. The van der Waals surface area contributed by atoms with Crippen molar-refractivity contribution in [2.24, 2.45) is 5.92 Å². The fraction of sp³-hybridized carbons (Fsp3) is 0.304. The molecule has 25 heavy (non-hydrogen) atoms. The first-order valence-electron chi connectivity index (χ1n) is 9.14. The average molecular weight is 336 g/mol. The minimum absolute atomic E-state index is 0.185. The summed E-state index contributed by atoms with van der Waals surface area (Å²) >= 11 is 0. The largest absolute Gasteiger partial charge is 0.207 e. The predicted molar refractivity (Wildman–Crippen MR) is 98.9 cm³/mol. The zero-order valence-corrected chi connectivity index (χ0v) is 14.4. The smallest absolute Gasteiger partial charge is 0.123 e. The van der Waals surface area contributed by atoms with Crippen molar-refractivity contribution in [1.82, 2.24) is 0 Å². The SMILES string of the molecule is CCCC1CCc2c(ccc3ccc(F)cc23)C1c1ccc(F)cc1. The van der Waals surface area contributed by atoms with Crippen molar-refractivity contribution in [2.75, 3.05) is 0 Å². The van der Waals surface area contributed by atoms with Gasteiger partial charge in [-0.3, -0.25) is 0 Å². The highest BCUT2D eigenvalue weighted by Gasteiger charge is 2.31. The van der Waals surface area contributed by atoms with Gasteiger partial charge < -0.3 is 0 Å². The van der Waals surface area contributed by atoms with Gasteiger partial charge in [-0.2, -0.15) is 0 Å². The molecule has 4 rings (SSSR count). The van der Waals surface area contributed by atoms with E-state index in [1.807, 2.05) is 18.2 Å². The van der Waals surface area contributed by atoms with Gasteiger partial charge in [0.05, 0.1) is 0 Å². The Morgan fingerprint density at radius 3 is 2.40 bits per heavy atom. The molecule has 128 valence electrons. The maximum Gasteiger partial charge on any atom is 0.123 e. The Hall–Kier alpha value is -2.22. The van der Waals surface area contributed by atoms with Crippen LogP contribution in [0.5, 0.6) is 0 Å². The fourth-order valence-electron chi connectivity index (χ4n) is 4.50. The molecular weight excluding hydrogens is 314 g/mol. The number of aryl methyl sites for hydroxylation is 1. The Morgan fingerprint density at radius 1 is 0.920 bits per heavy atom. The lowest BCUT2D eigenvalue weighted by Crippen LogP contribution is -2.22. The summed E-state index contributed by atoms with van der Waals surface area (Å²) in [5, 5.41) is 2.12. The summed E-state index contributed by atoms with van der Waals surface area (Å²) in [6, 6.07) is 16.3. The lowest BCUT2D eigenvalue weighted by atomic mass is 9.69. The van der Waals surface area contributed by atoms with E-state index in [0.717, 1.165) is 42.0 Å². The number of hydrogen-bond acceptors (Lipinski definition) is 0. The van der Waals surface area contributed by atoms with E-state index in [1.165, 1.54) is 17.2 Å². The van der Waals surface area contributed by atoms with Gasteiger partial charge in [0.15, 0.2) is 0 Å². The fourth-order valence-corrected chi connectivity index (χ4v) is 4.50. The van der Waals surface area contributed by atoms with Gasteiger partial charge in [-0.15, -0.1) is 0 Å². The van der Waals surface area contributed by atoms with Gasteiger partial charge in [-0.05, 0) is 76.9 Å². The monoisotopic (exact) mass is 336 g/mol. The van der Waals surface area contributed by atoms with Crippen LogP contribution in [0.15, 0.2) is 54.6 Å². The summed E-state index contributed by atoms with van der Waals surface area (Å²) in [6.07, 6.45) is 4.37. The van der Waals surface area contributed by atoms with E-state index in [2.05, 4.69) is 19.1 Å². The number of rotatable bonds is 3. The van der Waals surface area contributed by atoms with E-state index in [1.54, 1.807) is 18.2 Å². The summed E-state index contributed by atoms with van der Waals surface area (Å²) in [7, 11) is 0. The van der Waals surface area contributed by atoms with E-state index in [4.69, 9.17) is 0 Å². The van der Waals surface area contributed by atoms with Crippen molar-refractivity contribution >= 4 is 10.8 Å². The average Bonchev–Trinajstić information content (AvgIpc) is 2.62. The minimum atomic E-state index is -0.201. The van der Waals surface area contributed by atoms with Crippen molar-refractivity contribution in [2.45, 2.75) is 38.5 Å². The first kappa shape index (κ1) is 16.3. The standard InChI is InChI=1S/C23H22F2/c1-2-3-16-8-12-20-21(23(16)17-5-9-18(24)10-6-17)13-7-15-4-11-19(25)14-22(15)20/h4-7,9-11,13-14,16,23H,2-3,8,12H2,1H3. The third-order valence-electron chi connectivity index (χ3n) is 5.59. The molecule has 0 nitrogen and oxygen atoms in total. The zero-order chi connectivity index (χ0) is 17.4. The molecular formula is C23H22F2. The summed E-state index contributed by atoms with van der Waals surface area (Å²) in [5.74, 6) is 0.424. The van der Waals surface area contributed by atoms with Crippen molar-refractivity contribution in [1.29, 1.82) is 0 Å². The summed E-state index contributed by atoms with van der Waals surface area (Å²) in [6.45, 7) is 2.22. The number of benzene rings is 3. The maximum atomic E-state index is 13.8. The Kier molecular flexibility index (Phi) is 4.29. The second-order valence-electron chi connectivity index (χ2n) is 7.12. The van der Waals surface area contributed by atoms with Crippen LogP contribution in [0.2, 0.25) is 0 Å². The van der Waals surface area contributed by atoms with E-state index >= 15 is 0 Å². The van der Waals surface area contributed by atoms with Gasteiger partial charge in [0.2, 0.25) is 0 Å². The summed E-state index contributed by atoms with van der Waals surface area (Å²) in [4.78, 5) is 0. The van der Waals surface area contributed by atoms with Gasteiger partial charge in [-0.25, -0.2) is 8.78 Å². The molecule has 0 heterocycles. The molecule has 0 aromatic heterocycles. The lowest BCUT2D eigenvalue weighted by molar-refractivity contribution is 0.380. The molecule has 2 atom stereocenters. The molecule has 0 N–H and O–H groups in total. The van der Waals surface area contributed by atoms with E-state index < -0.39 is 0 Å². The van der Waals surface area contributed by atoms with Crippen LogP contribution in [0, 0.1) is 17.6 Å². The zero-order valence-electron chi connectivity index (χ0n) is 14.4. The van der Waals surface area contributed by atoms with Gasteiger partial charge in [0.1, 0.15) is 11.6 Å². The minimum Gasteiger partial charge on any atom is -0.207 e. The molecule has 0 bridgehead atoms. The van der Waals surface area contributed by atoms with Crippen LogP contribution in [0.4, 0.5) is 8.78 Å². The summed E-state index contributed by atoms with van der Waals surface area (Å²) < 4.78 is 27.2. The van der Waals surface area contributed by atoms with Gasteiger partial charge in [-0.1, -0.05) is 43.7 Å². The van der Waals surface area contributed by atoms with Crippen LogP contribution in [0.25, 0.3) is 10.8 Å². The third-order valence-corrected chi connectivity index (χ3v) is 5.59. The molecule has 2 unspecified atom stereocenters. The number of fused-ring (bicyclic) bond motifs is 3. The quantitative estimate of drug-likeness (QED) is 0.504. The number of halogens is 2. The van der Waals surface area contributed by atoms with Gasteiger partial charge in [0, 0.05) is 5.92 Å². The Morgan fingerprint density at radius 2 is 1.64 bits per heavy atom. The van der Waals surface area contributed by atoms with Crippen molar-refractivity contribution < 1.29 is 8.78 Å². The summed E-state index contributed by atoms with van der Waals surface area (Å²) in [5.41, 5.74) is 3.71. The first-order valence-corrected chi connectivity index (χ1v) is 9.14. The molecule has 3 aromatic rings. The molecule has 1 aliphatic rings. The topological polar surface area (TPSA) is 0 Å². The second-order valence-corrected chi connectivity index (χ2v) is 7.12. The third kappa shape index (κ3) is 2.95. The van der Waals surface area contributed by atoms with Crippen LogP contribution >= 0.6 is 0 Å². The highest BCUT2D eigenvalue weighted by atomic mass is 19.1. The van der Waals surface area contributed by atoms with E-state index in [0.29, 0.717) is 5.92 Å². The normalized spacial score (nSPS) is 19.8. The van der Waals surface area contributed by atoms with Crippen molar-refractivity contribution in [3.05, 3.63) is 82.9 Å². The Balaban J connectivity index is 1.90. The molecule has 0 radical (unpaired) electrons. The Labute approximate surface area is 147 Å². The Bertz CT molecular complexity index is 896. The maximum absolute atomic E-state index is 13.8. The highest BCUT2D eigenvalue weighted by molar-refractivity contribution is 5.87. The molecule has 2 heteroatoms. The van der Waals surface area contributed by atoms with Crippen LogP contribution in [0.1, 0.15) is 48.8 Å². The molecule has 0 amide bonds. The molecule has 1 aliphatic carbocycles. The lowest BCUT2D eigenvalue weighted by Gasteiger charge is -2.35. The van der Waals surface area contributed by atoms with Gasteiger partial charge >= 0.3 is 0 Å². The van der Waals surface area contributed by atoms with Crippen molar-refractivity contribution in [3.8, 4) is 0 Å². The molecule has 0 fully saturated rings.